The molecule has 0 spiro atoms. The van der Waals surface area contributed by atoms with Crippen LogP contribution < -0.4 is 4.90 Å². The van der Waals surface area contributed by atoms with Gasteiger partial charge in [0.25, 0.3) is 0 Å². The zero-order chi connectivity index (χ0) is 15.5. The third kappa shape index (κ3) is 3.68. The van der Waals surface area contributed by atoms with Crippen LogP contribution in [0.4, 0.5) is 5.13 Å². The van der Waals surface area contributed by atoms with Gasteiger partial charge in [0.05, 0.1) is 0 Å². The van der Waals surface area contributed by atoms with E-state index in [1.807, 2.05) is 0 Å². The van der Waals surface area contributed by atoms with Gasteiger partial charge in [0.1, 0.15) is 5.01 Å². The fourth-order valence-electron chi connectivity index (χ4n) is 3.16. The Labute approximate surface area is 138 Å². The fraction of sp³-hybridized carbons (Fsp3) is 0.733. The molecule has 0 bridgehead atoms. The number of anilines is 1. The van der Waals surface area contributed by atoms with Gasteiger partial charge in [-0.25, -0.2) is 0 Å². The highest BCUT2D eigenvalue weighted by Crippen LogP contribution is 2.37. The van der Waals surface area contributed by atoms with Crippen LogP contribution >= 0.6 is 23.1 Å². The number of carbonyl (C=O) groups excluding carboxylic acids is 2. The maximum atomic E-state index is 12.2. The second-order valence-corrected chi connectivity index (χ2v) is 8.32. The van der Waals surface area contributed by atoms with Gasteiger partial charge in [0, 0.05) is 31.6 Å². The summed E-state index contributed by atoms with van der Waals surface area (Å²) in [5.41, 5.74) is 0. The summed E-state index contributed by atoms with van der Waals surface area (Å²) in [5.74, 6) is 1.59. The van der Waals surface area contributed by atoms with Crippen LogP contribution in [0, 0.1) is 5.92 Å². The summed E-state index contributed by atoms with van der Waals surface area (Å²) in [5, 5.41) is 10.5. The summed E-state index contributed by atoms with van der Waals surface area (Å²) in [6.45, 7) is 2.23. The molecule has 0 aromatic carbocycles. The van der Waals surface area contributed by atoms with E-state index in [2.05, 4.69) is 10.2 Å². The third-order valence-corrected chi connectivity index (χ3v) is 6.50. The quantitative estimate of drug-likeness (QED) is 0.843. The van der Waals surface area contributed by atoms with E-state index in [-0.39, 0.29) is 16.9 Å². The van der Waals surface area contributed by atoms with Crippen molar-refractivity contribution in [1.29, 1.82) is 0 Å². The van der Waals surface area contributed by atoms with Gasteiger partial charge in [-0.2, -0.15) is 0 Å². The molecule has 2 fully saturated rings. The minimum atomic E-state index is 0.112. The molecule has 1 aliphatic heterocycles. The lowest BCUT2D eigenvalue weighted by Crippen LogP contribution is -2.24. The molecule has 22 heavy (non-hydrogen) atoms. The lowest BCUT2D eigenvalue weighted by atomic mass is 9.90. The molecule has 1 amide bonds. The van der Waals surface area contributed by atoms with Crippen LogP contribution in [0.2, 0.25) is 0 Å². The van der Waals surface area contributed by atoms with E-state index in [1.54, 1.807) is 23.2 Å². The van der Waals surface area contributed by atoms with Crippen molar-refractivity contribution in [3.05, 3.63) is 5.01 Å². The zero-order valence-corrected chi connectivity index (χ0v) is 14.4. The third-order valence-electron chi connectivity index (χ3n) is 4.34. The van der Waals surface area contributed by atoms with E-state index >= 15 is 0 Å². The molecule has 1 atom stereocenters. The molecule has 2 aliphatic rings. The zero-order valence-electron chi connectivity index (χ0n) is 12.8. The SMILES string of the molecule is CC(=O)SCC1CC(=O)N(c2nnc(C3CCCCC3)s2)C1. The molecule has 1 saturated heterocycles. The van der Waals surface area contributed by atoms with Gasteiger partial charge in [-0.05, 0) is 18.8 Å². The lowest BCUT2D eigenvalue weighted by Gasteiger charge is -2.18. The number of aromatic nitrogens is 2. The van der Waals surface area contributed by atoms with Crippen LogP contribution in [0.1, 0.15) is 56.4 Å². The van der Waals surface area contributed by atoms with Crippen molar-refractivity contribution in [3.8, 4) is 0 Å². The molecule has 7 heteroatoms. The van der Waals surface area contributed by atoms with Crippen molar-refractivity contribution in [2.75, 3.05) is 17.2 Å². The van der Waals surface area contributed by atoms with E-state index < -0.39 is 0 Å². The van der Waals surface area contributed by atoms with Gasteiger partial charge in [-0.1, -0.05) is 42.4 Å². The number of rotatable bonds is 4. The second kappa shape index (κ2) is 7.08. The molecule has 1 aromatic rings. The van der Waals surface area contributed by atoms with Crippen molar-refractivity contribution in [3.63, 3.8) is 0 Å². The van der Waals surface area contributed by atoms with Crippen LogP contribution in [0.15, 0.2) is 0 Å². The lowest BCUT2D eigenvalue weighted by molar-refractivity contribution is -0.117. The molecule has 2 heterocycles. The molecule has 1 unspecified atom stereocenters. The van der Waals surface area contributed by atoms with Crippen molar-refractivity contribution in [1.82, 2.24) is 10.2 Å². The van der Waals surface area contributed by atoms with E-state index in [0.717, 1.165) is 10.1 Å². The Kier molecular flexibility index (Phi) is 5.13. The van der Waals surface area contributed by atoms with Crippen LogP contribution in [0.5, 0.6) is 0 Å². The molecular weight excluding hydrogens is 318 g/mol. The number of amides is 1. The molecule has 120 valence electrons. The van der Waals surface area contributed by atoms with E-state index in [4.69, 9.17) is 0 Å². The summed E-state index contributed by atoms with van der Waals surface area (Å²) in [6.07, 6.45) is 6.76. The summed E-state index contributed by atoms with van der Waals surface area (Å²) in [6, 6.07) is 0. The maximum absolute atomic E-state index is 12.2. The fourth-order valence-corrected chi connectivity index (χ4v) is 4.90. The first-order valence-electron chi connectivity index (χ1n) is 7.90. The number of hydrogen-bond acceptors (Lipinski definition) is 6. The van der Waals surface area contributed by atoms with Crippen molar-refractivity contribution >= 4 is 39.3 Å². The van der Waals surface area contributed by atoms with Crippen molar-refractivity contribution < 1.29 is 9.59 Å². The Morgan fingerprint density at radius 2 is 2.09 bits per heavy atom. The van der Waals surface area contributed by atoms with Crippen LogP contribution in [-0.4, -0.2) is 33.5 Å². The largest absolute Gasteiger partial charge is 0.288 e. The monoisotopic (exact) mass is 339 g/mol. The maximum Gasteiger partial charge on any atom is 0.229 e. The number of thioether (sulfide) groups is 1. The predicted octanol–water partition coefficient (Wildman–Crippen LogP) is 3.22. The average Bonchev–Trinajstić information content (AvgIpc) is 3.12. The van der Waals surface area contributed by atoms with Gasteiger partial charge in [-0.15, -0.1) is 10.2 Å². The molecule has 0 radical (unpaired) electrons. The van der Waals surface area contributed by atoms with E-state index in [9.17, 15) is 9.59 Å². The standard InChI is InChI=1S/C15H21N3O2S2/c1-10(19)21-9-11-7-13(20)18(8-11)15-17-16-14(22-15)12-5-3-2-4-6-12/h11-12H,2-9H2,1H3. The molecule has 5 nitrogen and oxygen atoms in total. The Balaban J connectivity index is 1.63. The first-order chi connectivity index (χ1) is 10.6. The number of nitrogens with zero attached hydrogens (tertiary/aromatic N) is 3. The summed E-state index contributed by atoms with van der Waals surface area (Å²) >= 11 is 2.88. The van der Waals surface area contributed by atoms with Crippen LogP contribution in [0.3, 0.4) is 0 Å². The summed E-state index contributed by atoms with van der Waals surface area (Å²) in [7, 11) is 0. The minimum Gasteiger partial charge on any atom is -0.288 e. The van der Waals surface area contributed by atoms with Gasteiger partial charge in [0.2, 0.25) is 11.0 Å². The minimum absolute atomic E-state index is 0.112. The molecule has 1 saturated carbocycles. The first-order valence-corrected chi connectivity index (χ1v) is 9.71. The Hall–Kier alpha value is -0.950. The van der Waals surface area contributed by atoms with Crippen LogP contribution in [-0.2, 0) is 9.59 Å². The predicted molar refractivity (Wildman–Crippen MR) is 89.3 cm³/mol. The van der Waals surface area contributed by atoms with Gasteiger partial charge in [0.15, 0.2) is 5.12 Å². The van der Waals surface area contributed by atoms with Crippen molar-refractivity contribution in [2.24, 2.45) is 5.92 Å². The molecule has 1 aliphatic carbocycles. The Bertz CT molecular complexity index is 555. The molecule has 1 aromatic heterocycles. The number of hydrogen-bond donors (Lipinski definition) is 0. The van der Waals surface area contributed by atoms with E-state index in [0.29, 0.717) is 24.6 Å². The highest BCUT2D eigenvalue weighted by Gasteiger charge is 2.33. The first kappa shape index (κ1) is 15.9. The topological polar surface area (TPSA) is 63.2 Å². The highest BCUT2D eigenvalue weighted by atomic mass is 32.2. The summed E-state index contributed by atoms with van der Waals surface area (Å²) < 4.78 is 0. The molecular formula is C15H21N3O2S2. The smallest absolute Gasteiger partial charge is 0.229 e. The molecule has 0 N–H and O–H groups in total. The van der Waals surface area contributed by atoms with Gasteiger partial charge < -0.3 is 0 Å². The summed E-state index contributed by atoms with van der Waals surface area (Å²) in [4.78, 5) is 25.0. The number of carbonyl (C=O) groups is 2. The second-order valence-electron chi connectivity index (χ2n) is 6.13. The van der Waals surface area contributed by atoms with Crippen LogP contribution in [0.25, 0.3) is 0 Å². The van der Waals surface area contributed by atoms with Crippen molar-refractivity contribution in [2.45, 2.75) is 51.4 Å². The van der Waals surface area contributed by atoms with Gasteiger partial charge >= 0.3 is 0 Å². The van der Waals surface area contributed by atoms with E-state index in [1.165, 1.54) is 43.9 Å². The highest BCUT2D eigenvalue weighted by molar-refractivity contribution is 8.13. The Morgan fingerprint density at radius 3 is 2.82 bits per heavy atom. The Morgan fingerprint density at radius 1 is 1.32 bits per heavy atom. The molecule has 3 rings (SSSR count). The normalized spacial score (nSPS) is 23.2. The van der Waals surface area contributed by atoms with Gasteiger partial charge in [-0.3, -0.25) is 14.5 Å². The average molecular weight is 339 g/mol.